The van der Waals surface area contributed by atoms with Gasteiger partial charge in [0.1, 0.15) is 6.33 Å². The average molecular weight is 359 g/mol. The molecular weight excluding hydrogens is 330 g/mol. The summed E-state index contributed by atoms with van der Waals surface area (Å²) in [6, 6.07) is 0. The molecule has 0 unspecified atom stereocenters. The lowest BCUT2D eigenvalue weighted by Crippen LogP contribution is -2.25. The van der Waals surface area contributed by atoms with Crippen molar-refractivity contribution in [3.63, 3.8) is 0 Å². The van der Waals surface area contributed by atoms with E-state index in [-0.39, 0.29) is 35.5 Å². The molecule has 142 valence electrons. The third-order valence-corrected chi connectivity index (χ3v) is 5.49. The molecule has 26 heavy (non-hydrogen) atoms. The van der Waals surface area contributed by atoms with Gasteiger partial charge in [-0.05, 0) is 25.7 Å². The van der Waals surface area contributed by atoms with Crippen LogP contribution in [0.3, 0.4) is 0 Å². The van der Waals surface area contributed by atoms with Crippen molar-refractivity contribution in [2.24, 2.45) is 11.8 Å². The van der Waals surface area contributed by atoms with Crippen molar-refractivity contribution >= 4 is 23.7 Å². The van der Waals surface area contributed by atoms with Crippen molar-refractivity contribution in [1.29, 1.82) is 0 Å². The van der Waals surface area contributed by atoms with Gasteiger partial charge in [0.15, 0.2) is 0 Å². The molecule has 0 radical (unpaired) electrons. The maximum Gasteiger partial charge on any atom is 0.234 e. The second-order valence-corrected chi connectivity index (χ2v) is 7.49. The van der Waals surface area contributed by atoms with Crippen LogP contribution in [0.15, 0.2) is 6.33 Å². The van der Waals surface area contributed by atoms with E-state index in [0.717, 1.165) is 51.4 Å². The van der Waals surface area contributed by atoms with Gasteiger partial charge in [-0.25, -0.2) is 9.97 Å². The van der Waals surface area contributed by atoms with E-state index in [2.05, 4.69) is 25.6 Å². The average Bonchev–Trinajstić information content (AvgIpc) is 3.07. The van der Waals surface area contributed by atoms with Crippen LogP contribution in [-0.2, 0) is 9.59 Å². The smallest absolute Gasteiger partial charge is 0.234 e. The van der Waals surface area contributed by atoms with Crippen LogP contribution in [0.1, 0.15) is 77.0 Å². The molecule has 3 rings (SSSR count). The summed E-state index contributed by atoms with van der Waals surface area (Å²) >= 11 is 0. The Morgan fingerprint density at radius 3 is 1.46 bits per heavy atom. The van der Waals surface area contributed by atoms with Gasteiger partial charge in [0.25, 0.3) is 0 Å². The Hall–Kier alpha value is -2.05. The first-order valence-corrected chi connectivity index (χ1v) is 10.0. The topological polar surface area (TPSA) is 96.9 Å². The van der Waals surface area contributed by atoms with Crippen LogP contribution in [0.5, 0.6) is 0 Å². The predicted octanol–water partition coefficient (Wildman–Crippen LogP) is 3.69. The van der Waals surface area contributed by atoms with Gasteiger partial charge in [-0.1, -0.05) is 51.4 Å². The van der Waals surface area contributed by atoms with E-state index < -0.39 is 0 Å². The molecule has 1 aromatic rings. The molecule has 2 saturated carbocycles. The largest absolute Gasteiger partial charge is 0.294 e. The Bertz CT molecular complexity index is 556. The lowest BCUT2D eigenvalue weighted by Gasteiger charge is -2.14. The van der Waals surface area contributed by atoms with E-state index in [4.69, 9.17) is 0 Å². The van der Waals surface area contributed by atoms with Gasteiger partial charge >= 0.3 is 0 Å². The summed E-state index contributed by atoms with van der Waals surface area (Å²) in [6.45, 7) is 0. The maximum atomic E-state index is 12.4. The Labute approximate surface area is 154 Å². The number of carbonyl (C=O) groups excluding carboxylic acids is 2. The molecule has 0 saturated heterocycles. The highest BCUT2D eigenvalue weighted by atomic mass is 16.2. The molecule has 1 heterocycles. The lowest BCUT2D eigenvalue weighted by molar-refractivity contribution is -0.121. The summed E-state index contributed by atoms with van der Waals surface area (Å²) in [5, 5.41) is 5.58. The maximum absolute atomic E-state index is 12.4. The fraction of sp³-hybridized carbons (Fsp3) is 0.737. The van der Waals surface area contributed by atoms with Gasteiger partial charge in [-0.15, -0.1) is 0 Å². The normalized spacial score (nSPS) is 20.0. The first-order chi connectivity index (χ1) is 12.7. The van der Waals surface area contributed by atoms with E-state index in [9.17, 15) is 9.59 Å². The van der Waals surface area contributed by atoms with E-state index in [1.807, 2.05) is 0 Å². The van der Waals surface area contributed by atoms with Crippen molar-refractivity contribution in [2.75, 3.05) is 10.6 Å². The Morgan fingerprint density at radius 2 is 1.08 bits per heavy atom. The second-order valence-electron chi connectivity index (χ2n) is 7.49. The van der Waals surface area contributed by atoms with Gasteiger partial charge in [0.2, 0.25) is 23.7 Å². The molecule has 0 aliphatic heterocycles. The third kappa shape index (κ3) is 5.47. The monoisotopic (exact) mass is 359 g/mol. The minimum absolute atomic E-state index is 0.0262. The zero-order valence-corrected chi connectivity index (χ0v) is 15.4. The predicted molar refractivity (Wildman–Crippen MR) is 99.5 cm³/mol. The molecule has 7 nitrogen and oxygen atoms in total. The molecule has 2 N–H and O–H groups in total. The SMILES string of the molecule is O=C(Nc1ncnc(NC(=O)C2CCCCCC2)n1)C1CCCCCC1. The summed E-state index contributed by atoms with van der Waals surface area (Å²) in [5.74, 6) is 0.422. The fourth-order valence-electron chi connectivity index (χ4n) is 3.92. The van der Waals surface area contributed by atoms with Crippen molar-refractivity contribution in [1.82, 2.24) is 15.0 Å². The number of anilines is 2. The fourth-order valence-corrected chi connectivity index (χ4v) is 3.92. The van der Waals surface area contributed by atoms with Crippen LogP contribution in [0.4, 0.5) is 11.9 Å². The third-order valence-electron chi connectivity index (χ3n) is 5.49. The highest BCUT2D eigenvalue weighted by Crippen LogP contribution is 2.25. The van der Waals surface area contributed by atoms with Crippen LogP contribution >= 0.6 is 0 Å². The second kappa shape index (κ2) is 9.59. The zero-order chi connectivity index (χ0) is 18.2. The molecular formula is C19H29N5O2. The molecule has 0 spiro atoms. The first kappa shape index (κ1) is 18.7. The number of rotatable bonds is 4. The molecule has 0 atom stereocenters. The quantitative estimate of drug-likeness (QED) is 0.799. The minimum Gasteiger partial charge on any atom is -0.294 e. The van der Waals surface area contributed by atoms with Gasteiger partial charge in [0.05, 0.1) is 0 Å². The number of hydrogen-bond acceptors (Lipinski definition) is 5. The minimum atomic E-state index is -0.0286. The summed E-state index contributed by atoms with van der Waals surface area (Å²) in [4.78, 5) is 37.1. The van der Waals surface area contributed by atoms with Gasteiger partial charge in [0, 0.05) is 11.8 Å². The van der Waals surface area contributed by atoms with E-state index in [1.54, 1.807) is 0 Å². The molecule has 0 bridgehead atoms. The van der Waals surface area contributed by atoms with E-state index in [1.165, 1.54) is 32.0 Å². The standard InChI is InChI=1S/C19H29N5O2/c25-16(14-9-5-1-2-6-10-14)22-18-20-13-21-19(24-18)23-17(26)15-11-7-3-4-8-12-15/h13-15H,1-12H2,(H2,20,21,22,23,24,25,26). The summed E-state index contributed by atoms with van der Waals surface area (Å²) in [5.41, 5.74) is 0. The lowest BCUT2D eigenvalue weighted by atomic mass is 10.00. The Morgan fingerprint density at radius 1 is 0.692 bits per heavy atom. The number of nitrogens with zero attached hydrogens (tertiary/aromatic N) is 3. The highest BCUT2D eigenvalue weighted by Gasteiger charge is 2.22. The number of aromatic nitrogens is 3. The van der Waals surface area contributed by atoms with Crippen LogP contribution in [0.25, 0.3) is 0 Å². The molecule has 2 aliphatic rings. The zero-order valence-electron chi connectivity index (χ0n) is 15.4. The van der Waals surface area contributed by atoms with Crippen LogP contribution < -0.4 is 10.6 Å². The van der Waals surface area contributed by atoms with Crippen LogP contribution in [0, 0.1) is 11.8 Å². The summed E-state index contributed by atoms with van der Waals surface area (Å²) < 4.78 is 0. The number of nitrogens with one attached hydrogen (secondary N) is 2. The molecule has 0 aromatic carbocycles. The van der Waals surface area contributed by atoms with Crippen LogP contribution in [-0.4, -0.2) is 26.8 Å². The van der Waals surface area contributed by atoms with Crippen molar-refractivity contribution in [3.05, 3.63) is 6.33 Å². The molecule has 7 heteroatoms. The molecule has 2 fully saturated rings. The Balaban J connectivity index is 1.57. The summed E-state index contributed by atoms with van der Waals surface area (Å²) in [6.07, 6.45) is 14.2. The summed E-state index contributed by atoms with van der Waals surface area (Å²) in [7, 11) is 0. The van der Waals surface area contributed by atoms with Crippen LogP contribution in [0.2, 0.25) is 0 Å². The molecule has 2 amide bonds. The molecule has 1 aromatic heterocycles. The van der Waals surface area contributed by atoms with Gasteiger partial charge < -0.3 is 0 Å². The van der Waals surface area contributed by atoms with E-state index in [0.29, 0.717) is 0 Å². The van der Waals surface area contributed by atoms with Crippen molar-refractivity contribution in [2.45, 2.75) is 77.0 Å². The van der Waals surface area contributed by atoms with Crippen molar-refractivity contribution < 1.29 is 9.59 Å². The van der Waals surface area contributed by atoms with E-state index >= 15 is 0 Å². The Kier molecular flexibility index (Phi) is 6.91. The highest BCUT2D eigenvalue weighted by molar-refractivity contribution is 5.92. The number of hydrogen-bond donors (Lipinski definition) is 2. The first-order valence-electron chi connectivity index (χ1n) is 10.0. The van der Waals surface area contributed by atoms with Gasteiger partial charge in [-0.3, -0.25) is 20.2 Å². The van der Waals surface area contributed by atoms with Crippen molar-refractivity contribution in [3.8, 4) is 0 Å². The number of amides is 2. The molecule has 2 aliphatic carbocycles. The number of carbonyl (C=O) groups is 2. The van der Waals surface area contributed by atoms with Gasteiger partial charge in [-0.2, -0.15) is 4.98 Å².